The lowest BCUT2D eigenvalue weighted by molar-refractivity contribution is -0.384. The number of aromatic nitrogens is 1. The first-order chi connectivity index (χ1) is 9.66. The molecule has 1 N–H and O–H groups in total. The largest absolute Gasteiger partial charge is 0.381 e. The van der Waals surface area contributed by atoms with Crippen LogP contribution in [0.5, 0.6) is 0 Å². The van der Waals surface area contributed by atoms with E-state index in [2.05, 4.69) is 4.98 Å². The van der Waals surface area contributed by atoms with Crippen LogP contribution >= 0.6 is 0 Å². The minimum atomic E-state index is -0.448. The lowest BCUT2D eigenvalue weighted by Gasteiger charge is -2.20. The normalized spacial score (nSPS) is 19.1. The van der Waals surface area contributed by atoms with Gasteiger partial charge in [0, 0.05) is 41.8 Å². The van der Waals surface area contributed by atoms with Crippen LogP contribution < -0.4 is 0 Å². The molecule has 1 aliphatic rings. The molecule has 1 atom stereocenters. The van der Waals surface area contributed by atoms with Crippen molar-refractivity contribution in [3.05, 3.63) is 40.1 Å². The summed E-state index contributed by atoms with van der Waals surface area (Å²) in [4.78, 5) is 25.7. The number of nitro benzene ring substituents is 1. The second-order valence-corrected chi connectivity index (χ2v) is 4.97. The highest BCUT2D eigenvalue weighted by molar-refractivity contribution is 6.09. The number of aromatic amines is 1. The zero-order valence-corrected chi connectivity index (χ0v) is 10.8. The Morgan fingerprint density at radius 3 is 3.00 bits per heavy atom. The molecule has 1 aromatic heterocycles. The van der Waals surface area contributed by atoms with Gasteiger partial charge in [0.05, 0.1) is 17.0 Å². The highest BCUT2D eigenvalue weighted by atomic mass is 16.6. The van der Waals surface area contributed by atoms with E-state index in [-0.39, 0.29) is 17.4 Å². The molecule has 1 aliphatic heterocycles. The highest BCUT2D eigenvalue weighted by Gasteiger charge is 2.25. The lowest BCUT2D eigenvalue weighted by Crippen LogP contribution is -2.25. The van der Waals surface area contributed by atoms with Crippen LogP contribution in [0.3, 0.4) is 0 Å². The Morgan fingerprint density at radius 1 is 1.45 bits per heavy atom. The maximum atomic E-state index is 12.5. The SMILES string of the molecule is O=C(c1c[nH]c2cc([N+](=O)[O-])ccc12)C1CCCOC1. The van der Waals surface area contributed by atoms with Crippen molar-refractivity contribution < 1.29 is 14.5 Å². The summed E-state index contributed by atoms with van der Waals surface area (Å²) in [6.45, 7) is 1.17. The fourth-order valence-corrected chi connectivity index (χ4v) is 2.60. The fraction of sp³-hybridized carbons (Fsp3) is 0.357. The van der Waals surface area contributed by atoms with E-state index in [1.165, 1.54) is 12.1 Å². The number of non-ortho nitro benzene ring substituents is 1. The Hall–Kier alpha value is -2.21. The van der Waals surface area contributed by atoms with E-state index in [0.29, 0.717) is 24.3 Å². The third-order valence-electron chi connectivity index (χ3n) is 3.67. The third kappa shape index (κ3) is 2.18. The molecule has 104 valence electrons. The van der Waals surface area contributed by atoms with E-state index in [9.17, 15) is 14.9 Å². The molecule has 0 bridgehead atoms. The van der Waals surface area contributed by atoms with Crippen LogP contribution in [-0.4, -0.2) is 28.9 Å². The van der Waals surface area contributed by atoms with Gasteiger partial charge in [-0.25, -0.2) is 0 Å². The van der Waals surface area contributed by atoms with Gasteiger partial charge in [0.1, 0.15) is 0 Å². The van der Waals surface area contributed by atoms with E-state index in [1.54, 1.807) is 12.3 Å². The average molecular weight is 274 g/mol. The molecule has 0 aliphatic carbocycles. The van der Waals surface area contributed by atoms with Crippen LogP contribution in [0.2, 0.25) is 0 Å². The molecule has 0 radical (unpaired) electrons. The summed E-state index contributed by atoms with van der Waals surface area (Å²) in [5, 5.41) is 11.5. The Morgan fingerprint density at radius 2 is 2.30 bits per heavy atom. The van der Waals surface area contributed by atoms with Gasteiger partial charge in [0.2, 0.25) is 0 Å². The number of hydrogen-bond donors (Lipinski definition) is 1. The Balaban J connectivity index is 1.95. The fourth-order valence-electron chi connectivity index (χ4n) is 2.60. The Labute approximate surface area is 114 Å². The van der Waals surface area contributed by atoms with Crippen molar-refractivity contribution in [2.75, 3.05) is 13.2 Å². The second kappa shape index (κ2) is 5.05. The number of carbonyl (C=O) groups is 1. The Bertz CT molecular complexity index is 671. The molecule has 0 spiro atoms. The molecule has 6 nitrogen and oxygen atoms in total. The van der Waals surface area contributed by atoms with Crippen LogP contribution in [0.25, 0.3) is 10.9 Å². The number of H-pyrrole nitrogens is 1. The van der Waals surface area contributed by atoms with Gasteiger partial charge in [0.25, 0.3) is 5.69 Å². The van der Waals surface area contributed by atoms with Crippen LogP contribution in [0.15, 0.2) is 24.4 Å². The molecule has 2 heterocycles. The van der Waals surface area contributed by atoms with Crippen molar-refractivity contribution in [2.45, 2.75) is 12.8 Å². The average Bonchev–Trinajstić information content (AvgIpc) is 2.90. The number of nitrogens with zero attached hydrogens (tertiary/aromatic N) is 1. The minimum Gasteiger partial charge on any atom is -0.381 e. The van der Waals surface area contributed by atoms with Crippen molar-refractivity contribution in [2.24, 2.45) is 5.92 Å². The number of fused-ring (bicyclic) bond motifs is 1. The number of hydrogen-bond acceptors (Lipinski definition) is 4. The molecule has 1 saturated heterocycles. The number of carbonyl (C=O) groups excluding carboxylic acids is 1. The number of rotatable bonds is 3. The first-order valence-electron chi connectivity index (χ1n) is 6.54. The van der Waals surface area contributed by atoms with Crippen LogP contribution in [0.1, 0.15) is 23.2 Å². The molecule has 0 amide bonds. The van der Waals surface area contributed by atoms with E-state index < -0.39 is 4.92 Å². The summed E-state index contributed by atoms with van der Waals surface area (Å²) in [7, 11) is 0. The van der Waals surface area contributed by atoms with Crippen molar-refractivity contribution >= 4 is 22.4 Å². The van der Waals surface area contributed by atoms with Crippen molar-refractivity contribution in [3.63, 3.8) is 0 Å². The molecule has 20 heavy (non-hydrogen) atoms. The van der Waals surface area contributed by atoms with Gasteiger partial charge in [-0.1, -0.05) is 0 Å². The summed E-state index contributed by atoms with van der Waals surface area (Å²) in [6, 6.07) is 4.49. The van der Waals surface area contributed by atoms with Gasteiger partial charge in [-0.05, 0) is 18.9 Å². The smallest absolute Gasteiger partial charge is 0.271 e. The van der Waals surface area contributed by atoms with Crippen LogP contribution in [0.4, 0.5) is 5.69 Å². The monoisotopic (exact) mass is 274 g/mol. The zero-order valence-electron chi connectivity index (χ0n) is 10.8. The van der Waals surface area contributed by atoms with Gasteiger partial charge < -0.3 is 9.72 Å². The van der Waals surface area contributed by atoms with E-state index in [4.69, 9.17) is 4.74 Å². The van der Waals surface area contributed by atoms with E-state index >= 15 is 0 Å². The molecule has 1 fully saturated rings. The Kier molecular flexibility index (Phi) is 3.23. The molecular formula is C14H14N2O4. The molecule has 3 rings (SSSR count). The number of nitrogens with one attached hydrogen (secondary N) is 1. The first-order valence-corrected chi connectivity index (χ1v) is 6.54. The third-order valence-corrected chi connectivity index (χ3v) is 3.67. The van der Waals surface area contributed by atoms with Crippen molar-refractivity contribution in [1.82, 2.24) is 4.98 Å². The summed E-state index contributed by atoms with van der Waals surface area (Å²) in [6.07, 6.45) is 3.36. The summed E-state index contributed by atoms with van der Waals surface area (Å²) < 4.78 is 5.34. The van der Waals surface area contributed by atoms with Gasteiger partial charge >= 0.3 is 0 Å². The number of nitro groups is 1. The standard InChI is InChI=1S/C14H14N2O4/c17-14(9-2-1-5-20-8-9)12-7-15-13-6-10(16(18)19)3-4-11(12)13/h3-4,6-7,9,15H,1-2,5,8H2. The second-order valence-electron chi connectivity index (χ2n) is 4.97. The van der Waals surface area contributed by atoms with Gasteiger partial charge in [-0.2, -0.15) is 0 Å². The van der Waals surface area contributed by atoms with Crippen molar-refractivity contribution in [1.29, 1.82) is 0 Å². The van der Waals surface area contributed by atoms with Gasteiger partial charge in [-0.3, -0.25) is 14.9 Å². The molecule has 0 saturated carbocycles. The van der Waals surface area contributed by atoms with Gasteiger partial charge in [0.15, 0.2) is 5.78 Å². The molecule has 1 unspecified atom stereocenters. The molecule has 2 aromatic rings. The topological polar surface area (TPSA) is 85.2 Å². The summed E-state index contributed by atoms with van der Waals surface area (Å²) in [5.74, 6) is -0.0669. The predicted molar refractivity (Wildman–Crippen MR) is 72.8 cm³/mol. The first kappa shape index (κ1) is 12.8. The number of benzene rings is 1. The van der Waals surface area contributed by atoms with Crippen LogP contribution in [0, 0.1) is 16.0 Å². The van der Waals surface area contributed by atoms with Gasteiger partial charge in [-0.15, -0.1) is 0 Å². The number of ether oxygens (including phenoxy) is 1. The molecule has 1 aromatic carbocycles. The van der Waals surface area contributed by atoms with Crippen molar-refractivity contribution in [3.8, 4) is 0 Å². The summed E-state index contributed by atoms with van der Waals surface area (Å²) >= 11 is 0. The maximum Gasteiger partial charge on any atom is 0.271 e. The lowest BCUT2D eigenvalue weighted by atomic mass is 9.92. The molecular weight excluding hydrogens is 260 g/mol. The minimum absolute atomic E-state index is 0.0133. The summed E-state index contributed by atoms with van der Waals surface area (Å²) in [5.41, 5.74) is 1.21. The number of Topliss-reactive ketones (excluding diaryl/α,β-unsaturated/α-hetero) is 1. The van der Waals surface area contributed by atoms with E-state index in [1.807, 2.05) is 0 Å². The quantitative estimate of drug-likeness (QED) is 0.529. The highest BCUT2D eigenvalue weighted by Crippen LogP contribution is 2.27. The zero-order chi connectivity index (χ0) is 14.1. The maximum absolute atomic E-state index is 12.5. The predicted octanol–water partition coefficient (Wildman–Crippen LogP) is 2.69. The van der Waals surface area contributed by atoms with E-state index in [0.717, 1.165) is 18.2 Å². The molecule has 6 heteroatoms. The number of ketones is 1. The van der Waals surface area contributed by atoms with Crippen LogP contribution in [-0.2, 0) is 4.74 Å².